The summed E-state index contributed by atoms with van der Waals surface area (Å²) in [6, 6.07) is 6.39. The molecule has 0 fully saturated rings. The summed E-state index contributed by atoms with van der Waals surface area (Å²) in [6.45, 7) is 0. The van der Waals surface area contributed by atoms with Gasteiger partial charge in [0.25, 0.3) is 0 Å². The van der Waals surface area contributed by atoms with Gasteiger partial charge in [0.05, 0.1) is 7.11 Å². The topological polar surface area (TPSA) is 9.23 Å². The lowest BCUT2D eigenvalue weighted by Crippen LogP contribution is -2.13. The molecule has 1 aliphatic carbocycles. The predicted molar refractivity (Wildman–Crippen MR) is 57.7 cm³/mol. The molecule has 0 N–H and O–H groups in total. The van der Waals surface area contributed by atoms with Gasteiger partial charge in [-0.3, -0.25) is 0 Å². The highest BCUT2D eigenvalue weighted by Crippen LogP contribution is 2.28. The van der Waals surface area contributed by atoms with Gasteiger partial charge in [0.1, 0.15) is 5.75 Å². The van der Waals surface area contributed by atoms with E-state index in [0.717, 1.165) is 12.2 Å². The SMILES string of the molecule is COc1ccc2c(c1)CC[C@@H](Br)C2. The minimum Gasteiger partial charge on any atom is -0.497 e. The number of aryl methyl sites for hydroxylation is 1. The highest BCUT2D eigenvalue weighted by molar-refractivity contribution is 9.09. The second kappa shape index (κ2) is 3.70. The molecular weight excluding hydrogens is 228 g/mol. The molecule has 0 spiro atoms. The summed E-state index contributed by atoms with van der Waals surface area (Å²) in [6.07, 6.45) is 3.56. The number of ether oxygens (including phenoxy) is 1. The van der Waals surface area contributed by atoms with Crippen LogP contribution in [0, 0.1) is 0 Å². The number of hydrogen-bond donors (Lipinski definition) is 0. The van der Waals surface area contributed by atoms with Gasteiger partial charge in [-0.05, 0) is 42.5 Å². The van der Waals surface area contributed by atoms with Crippen molar-refractivity contribution in [1.29, 1.82) is 0 Å². The van der Waals surface area contributed by atoms with Crippen LogP contribution in [0.2, 0.25) is 0 Å². The first-order valence-electron chi connectivity index (χ1n) is 4.59. The summed E-state index contributed by atoms with van der Waals surface area (Å²) in [4.78, 5) is 0.661. The third-order valence-corrected chi connectivity index (χ3v) is 3.36. The molecule has 2 rings (SSSR count). The maximum atomic E-state index is 5.20. The van der Waals surface area contributed by atoms with Crippen molar-refractivity contribution in [2.24, 2.45) is 0 Å². The Morgan fingerprint density at radius 3 is 3.00 bits per heavy atom. The molecule has 13 heavy (non-hydrogen) atoms. The minimum atomic E-state index is 0.661. The number of alkyl halides is 1. The van der Waals surface area contributed by atoms with Crippen molar-refractivity contribution < 1.29 is 4.74 Å². The standard InChI is InChI=1S/C11H13BrO/c1-13-11-5-3-8-6-10(12)4-2-9(8)7-11/h3,5,7,10H,2,4,6H2,1H3/t10-/m1/s1. The maximum absolute atomic E-state index is 5.20. The zero-order chi connectivity index (χ0) is 9.26. The summed E-state index contributed by atoms with van der Waals surface area (Å²) < 4.78 is 5.20. The van der Waals surface area contributed by atoms with Crippen LogP contribution in [0.5, 0.6) is 5.75 Å². The van der Waals surface area contributed by atoms with Crippen LogP contribution >= 0.6 is 15.9 Å². The van der Waals surface area contributed by atoms with Crippen LogP contribution in [0.3, 0.4) is 0 Å². The Bertz CT molecular complexity index is 309. The van der Waals surface area contributed by atoms with Gasteiger partial charge in [0.2, 0.25) is 0 Å². The number of benzene rings is 1. The van der Waals surface area contributed by atoms with Crippen molar-refractivity contribution >= 4 is 15.9 Å². The van der Waals surface area contributed by atoms with Gasteiger partial charge in [-0.15, -0.1) is 0 Å². The Morgan fingerprint density at radius 1 is 1.38 bits per heavy atom. The van der Waals surface area contributed by atoms with Gasteiger partial charge in [-0.2, -0.15) is 0 Å². The molecule has 0 saturated heterocycles. The second-order valence-electron chi connectivity index (χ2n) is 3.47. The van der Waals surface area contributed by atoms with Crippen molar-refractivity contribution in [3.8, 4) is 5.75 Å². The van der Waals surface area contributed by atoms with E-state index in [1.54, 1.807) is 7.11 Å². The molecule has 0 unspecified atom stereocenters. The highest BCUT2D eigenvalue weighted by atomic mass is 79.9. The summed E-state index contributed by atoms with van der Waals surface area (Å²) in [5.41, 5.74) is 2.92. The summed E-state index contributed by atoms with van der Waals surface area (Å²) >= 11 is 3.66. The Balaban J connectivity index is 2.31. The lowest BCUT2D eigenvalue weighted by atomic mass is 9.91. The molecule has 0 heterocycles. The van der Waals surface area contributed by atoms with Crippen molar-refractivity contribution in [2.75, 3.05) is 7.11 Å². The lowest BCUT2D eigenvalue weighted by Gasteiger charge is -2.20. The third-order valence-electron chi connectivity index (χ3n) is 2.58. The van der Waals surface area contributed by atoms with Gasteiger partial charge in [-0.25, -0.2) is 0 Å². The molecule has 0 aromatic heterocycles. The summed E-state index contributed by atoms with van der Waals surface area (Å²) in [5, 5.41) is 0. The van der Waals surface area contributed by atoms with Gasteiger partial charge in [0, 0.05) is 4.83 Å². The zero-order valence-corrected chi connectivity index (χ0v) is 9.30. The second-order valence-corrected chi connectivity index (χ2v) is 4.77. The minimum absolute atomic E-state index is 0.661. The fourth-order valence-electron chi connectivity index (χ4n) is 1.81. The van der Waals surface area contributed by atoms with E-state index in [1.165, 1.54) is 24.0 Å². The van der Waals surface area contributed by atoms with Gasteiger partial charge in [0.15, 0.2) is 0 Å². The fourth-order valence-corrected chi connectivity index (χ4v) is 2.39. The molecular formula is C11H13BrO. The quantitative estimate of drug-likeness (QED) is 0.687. The van der Waals surface area contributed by atoms with E-state index in [1.807, 2.05) is 6.07 Å². The van der Waals surface area contributed by atoms with Crippen LogP contribution in [0.25, 0.3) is 0 Å². The number of hydrogen-bond acceptors (Lipinski definition) is 1. The van der Waals surface area contributed by atoms with Crippen molar-refractivity contribution in [3.63, 3.8) is 0 Å². The number of halogens is 1. The van der Waals surface area contributed by atoms with Crippen LogP contribution in [-0.4, -0.2) is 11.9 Å². The van der Waals surface area contributed by atoms with Crippen molar-refractivity contribution in [3.05, 3.63) is 29.3 Å². The van der Waals surface area contributed by atoms with E-state index in [2.05, 4.69) is 28.1 Å². The Morgan fingerprint density at radius 2 is 2.23 bits per heavy atom. The first kappa shape index (κ1) is 9.07. The molecule has 1 atom stereocenters. The van der Waals surface area contributed by atoms with Gasteiger partial charge in [-0.1, -0.05) is 22.0 Å². The average molecular weight is 241 g/mol. The largest absolute Gasteiger partial charge is 0.497 e. The molecule has 2 heteroatoms. The monoisotopic (exact) mass is 240 g/mol. The molecule has 1 aromatic rings. The molecule has 0 radical (unpaired) electrons. The van der Waals surface area contributed by atoms with Crippen LogP contribution in [-0.2, 0) is 12.8 Å². The smallest absolute Gasteiger partial charge is 0.119 e. The maximum Gasteiger partial charge on any atom is 0.119 e. The van der Waals surface area contributed by atoms with Crippen molar-refractivity contribution in [1.82, 2.24) is 0 Å². The molecule has 1 aliphatic rings. The summed E-state index contributed by atoms with van der Waals surface area (Å²) in [7, 11) is 1.72. The molecule has 1 nitrogen and oxygen atoms in total. The van der Waals surface area contributed by atoms with Gasteiger partial charge >= 0.3 is 0 Å². The predicted octanol–water partition coefficient (Wildman–Crippen LogP) is 2.95. The van der Waals surface area contributed by atoms with Crippen LogP contribution < -0.4 is 4.74 Å². The van der Waals surface area contributed by atoms with E-state index in [9.17, 15) is 0 Å². The first-order valence-corrected chi connectivity index (χ1v) is 5.51. The Kier molecular flexibility index (Phi) is 2.58. The number of rotatable bonds is 1. The Hall–Kier alpha value is -0.500. The third kappa shape index (κ3) is 1.88. The van der Waals surface area contributed by atoms with Crippen LogP contribution in [0.1, 0.15) is 17.5 Å². The fraction of sp³-hybridized carbons (Fsp3) is 0.455. The molecule has 0 bridgehead atoms. The van der Waals surface area contributed by atoms with Crippen molar-refractivity contribution in [2.45, 2.75) is 24.1 Å². The van der Waals surface area contributed by atoms with Crippen LogP contribution in [0.15, 0.2) is 18.2 Å². The van der Waals surface area contributed by atoms with E-state index < -0.39 is 0 Å². The number of methoxy groups -OCH3 is 1. The average Bonchev–Trinajstić information content (AvgIpc) is 2.17. The van der Waals surface area contributed by atoms with E-state index in [0.29, 0.717) is 4.83 Å². The van der Waals surface area contributed by atoms with Crippen LogP contribution in [0.4, 0.5) is 0 Å². The zero-order valence-electron chi connectivity index (χ0n) is 7.72. The normalized spacial score (nSPS) is 20.9. The lowest BCUT2D eigenvalue weighted by molar-refractivity contribution is 0.413. The molecule has 0 saturated carbocycles. The van der Waals surface area contributed by atoms with E-state index in [4.69, 9.17) is 4.74 Å². The Labute approximate surface area is 87.2 Å². The summed E-state index contributed by atoms with van der Waals surface area (Å²) in [5.74, 6) is 0.978. The highest BCUT2D eigenvalue weighted by Gasteiger charge is 2.16. The molecule has 0 aliphatic heterocycles. The number of fused-ring (bicyclic) bond motifs is 1. The molecule has 70 valence electrons. The van der Waals surface area contributed by atoms with E-state index >= 15 is 0 Å². The first-order chi connectivity index (χ1) is 6.29. The molecule has 1 aromatic carbocycles. The van der Waals surface area contributed by atoms with Gasteiger partial charge < -0.3 is 4.74 Å². The van der Waals surface area contributed by atoms with E-state index in [-0.39, 0.29) is 0 Å². The molecule has 0 amide bonds.